The lowest BCUT2D eigenvalue weighted by Gasteiger charge is -2.23. The van der Waals surface area contributed by atoms with Gasteiger partial charge in [0, 0.05) is 36.0 Å². The molecular formula is C21H22N6O. The minimum Gasteiger partial charge on any atom is -0.395 e. The van der Waals surface area contributed by atoms with Crippen molar-refractivity contribution in [1.82, 2.24) is 19.7 Å². The van der Waals surface area contributed by atoms with Gasteiger partial charge in [-0.05, 0) is 49.1 Å². The van der Waals surface area contributed by atoms with Crippen molar-refractivity contribution in [2.45, 2.75) is 32.1 Å². The Morgan fingerprint density at radius 3 is 2.86 bits per heavy atom. The van der Waals surface area contributed by atoms with E-state index in [0.29, 0.717) is 17.3 Å². The first kappa shape index (κ1) is 18.1. The number of aliphatic hydroxyl groups excluding tert-OH is 1. The topological polar surface area (TPSA) is 99.7 Å². The van der Waals surface area contributed by atoms with Crippen LogP contribution in [0.4, 0.5) is 11.8 Å². The molecule has 7 heteroatoms. The average molecular weight is 374 g/mol. The van der Waals surface area contributed by atoms with Crippen LogP contribution in [0.1, 0.15) is 35.7 Å². The van der Waals surface area contributed by atoms with Crippen LogP contribution in [0.2, 0.25) is 0 Å². The van der Waals surface area contributed by atoms with Gasteiger partial charge in [0.25, 0.3) is 0 Å². The van der Waals surface area contributed by atoms with E-state index in [-0.39, 0.29) is 12.0 Å². The Bertz CT molecular complexity index is 1080. The van der Waals surface area contributed by atoms with Crippen molar-refractivity contribution < 1.29 is 5.11 Å². The van der Waals surface area contributed by atoms with E-state index in [1.807, 2.05) is 39.1 Å². The first-order valence-electron chi connectivity index (χ1n) is 9.23. The predicted octanol–water partition coefficient (Wildman–Crippen LogP) is 3.00. The summed E-state index contributed by atoms with van der Waals surface area (Å²) >= 11 is 0. The van der Waals surface area contributed by atoms with Crippen LogP contribution in [0.5, 0.6) is 0 Å². The maximum Gasteiger partial charge on any atom is 0.228 e. The van der Waals surface area contributed by atoms with Crippen molar-refractivity contribution in [3.8, 4) is 17.3 Å². The molecule has 0 fully saturated rings. The Hall–Kier alpha value is -3.24. The van der Waals surface area contributed by atoms with Gasteiger partial charge in [-0.25, -0.2) is 9.97 Å². The Labute approximate surface area is 163 Å². The molecule has 1 unspecified atom stereocenters. The molecule has 2 heterocycles. The van der Waals surface area contributed by atoms with E-state index >= 15 is 0 Å². The van der Waals surface area contributed by atoms with Gasteiger partial charge in [0.05, 0.1) is 23.9 Å². The zero-order valence-corrected chi connectivity index (χ0v) is 16.2. The number of rotatable bonds is 4. The predicted molar refractivity (Wildman–Crippen MR) is 106 cm³/mol. The molecule has 0 spiro atoms. The van der Waals surface area contributed by atoms with Crippen LogP contribution in [0, 0.1) is 18.3 Å². The average Bonchev–Trinajstić information content (AvgIpc) is 3.20. The standard InChI is InChI=1S/C21H22N6O/c1-13-8-19(26-27(13)3)25-20-23-7-5-18(24-20)14-9-15(11-22)16-4-6-21(2,12-28)17(16)10-14/h5,7-10,28H,4,6,12H2,1-3H3,(H,23,24,25,26). The first-order valence-corrected chi connectivity index (χ1v) is 9.23. The highest BCUT2D eigenvalue weighted by Crippen LogP contribution is 2.42. The van der Waals surface area contributed by atoms with Gasteiger partial charge in [0.15, 0.2) is 5.82 Å². The number of nitriles is 1. The van der Waals surface area contributed by atoms with Gasteiger partial charge in [-0.3, -0.25) is 4.68 Å². The highest BCUT2D eigenvalue weighted by atomic mass is 16.3. The van der Waals surface area contributed by atoms with Gasteiger partial charge in [0.2, 0.25) is 5.95 Å². The number of nitrogens with zero attached hydrogens (tertiary/aromatic N) is 5. The Balaban J connectivity index is 1.74. The molecule has 0 aliphatic heterocycles. The maximum atomic E-state index is 9.90. The molecule has 1 aromatic carbocycles. The minimum absolute atomic E-state index is 0.0595. The quantitative estimate of drug-likeness (QED) is 0.728. The number of aromatic nitrogens is 4. The lowest BCUT2D eigenvalue weighted by atomic mass is 9.83. The summed E-state index contributed by atoms with van der Waals surface area (Å²) in [5, 5.41) is 27.0. The van der Waals surface area contributed by atoms with Crippen molar-refractivity contribution in [1.29, 1.82) is 5.26 Å². The molecule has 0 saturated heterocycles. The highest BCUT2D eigenvalue weighted by molar-refractivity contribution is 5.67. The lowest BCUT2D eigenvalue weighted by Crippen LogP contribution is -2.23. The maximum absolute atomic E-state index is 9.90. The van der Waals surface area contributed by atoms with Gasteiger partial charge in [-0.1, -0.05) is 6.92 Å². The smallest absolute Gasteiger partial charge is 0.228 e. The zero-order chi connectivity index (χ0) is 19.9. The number of benzene rings is 1. The van der Waals surface area contributed by atoms with Crippen molar-refractivity contribution in [2.24, 2.45) is 7.05 Å². The highest BCUT2D eigenvalue weighted by Gasteiger charge is 2.35. The van der Waals surface area contributed by atoms with E-state index in [9.17, 15) is 10.4 Å². The van der Waals surface area contributed by atoms with E-state index in [1.165, 1.54) is 0 Å². The molecule has 2 aromatic heterocycles. The molecule has 7 nitrogen and oxygen atoms in total. The summed E-state index contributed by atoms with van der Waals surface area (Å²) in [5.41, 5.74) is 5.00. The van der Waals surface area contributed by atoms with Crippen LogP contribution in [-0.2, 0) is 18.9 Å². The Morgan fingerprint density at radius 1 is 1.36 bits per heavy atom. The third-order valence-electron chi connectivity index (χ3n) is 5.60. The van der Waals surface area contributed by atoms with E-state index in [4.69, 9.17) is 0 Å². The molecule has 0 bridgehead atoms. The fraction of sp³-hybridized carbons (Fsp3) is 0.333. The van der Waals surface area contributed by atoms with E-state index < -0.39 is 0 Å². The van der Waals surface area contributed by atoms with Gasteiger partial charge < -0.3 is 10.4 Å². The van der Waals surface area contributed by atoms with Crippen LogP contribution in [0.15, 0.2) is 30.5 Å². The van der Waals surface area contributed by atoms with Gasteiger partial charge in [0.1, 0.15) is 0 Å². The monoisotopic (exact) mass is 374 g/mol. The zero-order valence-electron chi connectivity index (χ0n) is 16.2. The summed E-state index contributed by atoms with van der Waals surface area (Å²) in [7, 11) is 1.88. The number of anilines is 2. The van der Waals surface area contributed by atoms with Crippen molar-refractivity contribution in [3.63, 3.8) is 0 Å². The second kappa shape index (κ2) is 6.73. The number of nitrogens with one attached hydrogen (secondary N) is 1. The van der Waals surface area contributed by atoms with Crippen LogP contribution >= 0.6 is 0 Å². The summed E-state index contributed by atoms with van der Waals surface area (Å²) < 4.78 is 1.78. The third kappa shape index (κ3) is 3.02. The number of hydrogen-bond acceptors (Lipinski definition) is 6. The first-order chi connectivity index (χ1) is 13.4. The lowest BCUT2D eigenvalue weighted by molar-refractivity contribution is 0.206. The van der Waals surface area contributed by atoms with Crippen LogP contribution in [0.3, 0.4) is 0 Å². The Morgan fingerprint density at radius 2 is 2.18 bits per heavy atom. The molecule has 0 amide bonds. The molecule has 3 aromatic rings. The minimum atomic E-state index is -0.323. The number of aryl methyl sites for hydroxylation is 2. The Kier molecular flexibility index (Phi) is 4.36. The second-order valence-corrected chi connectivity index (χ2v) is 7.57. The molecule has 0 saturated carbocycles. The van der Waals surface area contributed by atoms with Crippen molar-refractivity contribution in [3.05, 3.63) is 52.8 Å². The van der Waals surface area contributed by atoms with E-state index in [1.54, 1.807) is 10.9 Å². The molecule has 0 radical (unpaired) electrons. The SMILES string of the molecule is Cc1cc(Nc2nccc(-c3cc(C#N)c4c(c3)C(C)(CO)CC4)n2)nn1C. The summed E-state index contributed by atoms with van der Waals surface area (Å²) in [4.78, 5) is 8.89. The summed E-state index contributed by atoms with van der Waals surface area (Å²) in [5.74, 6) is 1.12. The molecule has 28 heavy (non-hydrogen) atoms. The second-order valence-electron chi connectivity index (χ2n) is 7.57. The largest absolute Gasteiger partial charge is 0.395 e. The van der Waals surface area contributed by atoms with E-state index in [2.05, 4.69) is 32.5 Å². The summed E-state index contributed by atoms with van der Waals surface area (Å²) in [6.45, 7) is 4.08. The molecule has 142 valence electrons. The molecule has 1 atom stereocenters. The molecule has 1 aliphatic carbocycles. The fourth-order valence-electron chi connectivity index (χ4n) is 3.74. The summed E-state index contributed by atoms with van der Waals surface area (Å²) in [6.07, 6.45) is 3.34. The van der Waals surface area contributed by atoms with Gasteiger partial charge in [-0.15, -0.1) is 0 Å². The van der Waals surface area contributed by atoms with Gasteiger partial charge in [-0.2, -0.15) is 10.4 Å². The summed E-state index contributed by atoms with van der Waals surface area (Å²) in [6, 6.07) is 9.98. The van der Waals surface area contributed by atoms with Crippen molar-refractivity contribution >= 4 is 11.8 Å². The third-order valence-corrected chi connectivity index (χ3v) is 5.60. The molecule has 2 N–H and O–H groups in total. The molecule has 1 aliphatic rings. The van der Waals surface area contributed by atoms with Crippen LogP contribution in [0.25, 0.3) is 11.3 Å². The van der Waals surface area contributed by atoms with Gasteiger partial charge >= 0.3 is 0 Å². The number of fused-ring (bicyclic) bond motifs is 1. The fourth-order valence-corrected chi connectivity index (χ4v) is 3.74. The van der Waals surface area contributed by atoms with Crippen LogP contribution < -0.4 is 5.32 Å². The van der Waals surface area contributed by atoms with E-state index in [0.717, 1.165) is 40.9 Å². The molecule has 4 rings (SSSR count). The van der Waals surface area contributed by atoms with Crippen LogP contribution in [-0.4, -0.2) is 31.5 Å². The number of hydrogen-bond donors (Lipinski definition) is 2. The normalized spacial score (nSPS) is 18.0. The number of aliphatic hydroxyl groups is 1. The van der Waals surface area contributed by atoms with Crippen molar-refractivity contribution in [2.75, 3.05) is 11.9 Å². The molecular weight excluding hydrogens is 352 g/mol.